The van der Waals surface area contributed by atoms with Crippen molar-refractivity contribution in [3.8, 4) is 0 Å². The number of hydrogen-bond acceptors (Lipinski definition) is 6. The number of H-pyrrole nitrogens is 1. The van der Waals surface area contributed by atoms with Gasteiger partial charge in [-0.25, -0.2) is 9.78 Å². The van der Waals surface area contributed by atoms with Crippen LogP contribution in [0, 0.1) is 0 Å². The van der Waals surface area contributed by atoms with E-state index in [9.17, 15) is 9.59 Å². The monoisotopic (exact) mass is 349 g/mol. The van der Waals surface area contributed by atoms with Crippen LogP contribution in [-0.4, -0.2) is 62.6 Å². The van der Waals surface area contributed by atoms with Gasteiger partial charge < -0.3 is 14.0 Å². The first-order valence-corrected chi connectivity index (χ1v) is 8.75. The van der Waals surface area contributed by atoms with E-state index in [-0.39, 0.29) is 12.4 Å². The van der Waals surface area contributed by atoms with Gasteiger partial charge in [0.05, 0.1) is 19.5 Å². The van der Waals surface area contributed by atoms with E-state index in [1.807, 2.05) is 0 Å². The molecule has 9 nitrogen and oxygen atoms in total. The molecule has 9 heteroatoms. The lowest BCUT2D eigenvalue weighted by Gasteiger charge is -2.28. The van der Waals surface area contributed by atoms with Gasteiger partial charge in [-0.05, 0) is 25.9 Å². The Morgan fingerprint density at radius 2 is 2.04 bits per heavy atom. The molecular formula is C16H23N5O4. The second-order valence-electron chi connectivity index (χ2n) is 6.77. The molecule has 0 bridgehead atoms. The van der Waals surface area contributed by atoms with Gasteiger partial charge in [0.1, 0.15) is 6.10 Å². The molecule has 2 aliphatic rings. The fourth-order valence-electron chi connectivity index (χ4n) is 3.60. The molecule has 0 amide bonds. The normalized spacial score (nSPS) is 25.0. The second-order valence-corrected chi connectivity index (χ2v) is 6.77. The Hall–Kier alpha value is -1.97. The van der Waals surface area contributed by atoms with Crippen molar-refractivity contribution in [2.45, 2.75) is 38.2 Å². The van der Waals surface area contributed by atoms with Gasteiger partial charge >= 0.3 is 5.69 Å². The van der Waals surface area contributed by atoms with E-state index in [0.29, 0.717) is 24.3 Å². The smallest absolute Gasteiger partial charge is 0.329 e. The molecule has 0 saturated carbocycles. The standard InChI is InChI=1S/C16H23N5O4/c1-19-14-13(15(22)18-16(19)23)21(10-17-14)7-11-9-24-12(25-11)8-20-5-3-2-4-6-20/h10-12H,2-9H2,1H3,(H,18,22,23). The summed E-state index contributed by atoms with van der Waals surface area (Å²) < 4.78 is 14.8. The number of imidazole rings is 1. The van der Waals surface area contributed by atoms with E-state index in [1.54, 1.807) is 17.9 Å². The van der Waals surface area contributed by atoms with Crippen molar-refractivity contribution in [1.29, 1.82) is 0 Å². The van der Waals surface area contributed by atoms with Crippen molar-refractivity contribution in [2.75, 3.05) is 26.2 Å². The number of aromatic amines is 1. The number of aryl methyl sites for hydroxylation is 1. The molecule has 0 radical (unpaired) electrons. The number of aromatic nitrogens is 4. The Bertz CT molecular complexity index is 864. The molecule has 4 heterocycles. The third-order valence-corrected chi connectivity index (χ3v) is 4.94. The predicted molar refractivity (Wildman–Crippen MR) is 90.5 cm³/mol. The summed E-state index contributed by atoms with van der Waals surface area (Å²) in [6.07, 6.45) is 4.98. The van der Waals surface area contributed by atoms with Crippen LogP contribution in [0.2, 0.25) is 0 Å². The number of likely N-dealkylation sites (tertiary alicyclic amines) is 1. The quantitative estimate of drug-likeness (QED) is 0.811. The first-order valence-electron chi connectivity index (χ1n) is 8.75. The number of fused-ring (bicyclic) bond motifs is 1. The maximum Gasteiger partial charge on any atom is 0.329 e. The molecular weight excluding hydrogens is 326 g/mol. The average molecular weight is 349 g/mol. The first-order chi connectivity index (χ1) is 12.1. The molecule has 0 aliphatic carbocycles. The minimum atomic E-state index is -0.468. The second kappa shape index (κ2) is 6.74. The number of piperidine rings is 1. The molecule has 2 fully saturated rings. The van der Waals surface area contributed by atoms with E-state index < -0.39 is 11.2 Å². The van der Waals surface area contributed by atoms with Gasteiger partial charge in [-0.1, -0.05) is 6.42 Å². The minimum absolute atomic E-state index is 0.135. The fraction of sp³-hybridized carbons (Fsp3) is 0.688. The number of ether oxygens (including phenoxy) is 2. The van der Waals surface area contributed by atoms with Crippen LogP contribution in [0.15, 0.2) is 15.9 Å². The number of nitrogens with zero attached hydrogens (tertiary/aromatic N) is 4. The lowest BCUT2D eigenvalue weighted by atomic mass is 10.1. The van der Waals surface area contributed by atoms with E-state index in [2.05, 4.69) is 14.9 Å². The predicted octanol–water partition coefficient (Wildman–Crippen LogP) is -0.349. The molecule has 2 atom stereocenters. The number of rotatable bonds is 4. The summed E-state index contributed by atoms with van der Waals surface area (Å²) in [7, 11) is 1.59. The largest absolute Gasteiger partial charge is 0.349 e. The highest BCUT2D eigenvalue weighted by molar-refractivity contribution is 5.69. The Kier molecular flexibility index (Phi) is 4.45. The van der Waals surface area contributed by atoms with E-state index in [1.165, 1.54) is 23.8 Å². The first kappa shape index (κ1) is 16.5. The van der Waals surface area contributed by atoms with Crippen molar-refractivity contribution < 1.29 is 9.47 Å². The number of hydrogen-bond donors (Lipinski definition) is 1. The van der Waals surface area contributed by atoms with Gasteiger partial charge in [0, 0.05) is 13.6 Å². The average Bonchev–Trinajstić information content (AvgIpc) is 3.22. The van der Waals surface area contributed by atoms with Crippen LogP contribution < -0.4 is 11.2 Å². The highest BCUT2D eigenvalue weighted by atomic mass is 16.7. The Labute approximate surface area is 144 Å². The van der Waals surface area contributed by atoms with Gasteiger partial charge in [-0.15, -0.1) is 0 Å². The topological polar surface area (TPSA) is 94.4 Å². The summed E-state index contributed by atoms with van der Waals surface area (Å²) in [5.74, 6) is 0. The molecule has 136 valence electrons. The third-order valence-electron chi connectivity index (χ3n) is 4.94. The lowest BCUT2D eigenvalue weighted by Crippen LogP contribution is -2.37. The summed E-state index contributed by atoms with van der Waals surface area (Å²) in [6, 6.07) is 0. The third kappa shape index (κ3) is 3.26. The van der Waals surface area contributed by atoms with Crippen LogP contribution in [-0.2, 0) is 23.1 Å². The van der Waals surface area contributed by atoms with Crippen LogP contribution in [0.3, 0.4) is 0 Å². The molecule has 4 rings (SSSR count). The lowest BCUT2D eigenvalue weighted by molar-refractivity contribution is -0.0790. The van der Waals surface area contributed by atoms with Crippen molar-refractivity contribution in [1.82, 2.24) is 24.0 Å². The van der Waals surface area contributed by atoms with Crippen LogP contribution in [0.4, 0.5) is 0 Å². The molecule has 0 aromatic carbocycles. The van der Waals surface area contributed by atoms with Crippen LogP contribution in [0.1, 0.15) is 19.3 Å². The summed E-state index contributed by atoms with van der Waals surface area (Å²) in [5, 5.41) is 0. The van der Waals surface area contributed by atoms with Gasteiger partial charge in [0.2, 0.25) is 0 Å². The molecule has 2 aromatic heterocycles. The molecule has 2 unspecified atom stereocenters. The number of nitrogens with one attached hydrogen (secondary N) is 1. The fourth-order valence-corrected chi connectivity index (χ4v) is 3.60. The Morgan fingerprint density at radius 3 is 2.84 bits per heavy atom. The summed E-state index contributed by atoms with van der Waals surface area (Å²) >= 11 is 0. The molecule has 25 heavy (non-hydrogen) atoms. The molecule has 2 aromatic rings. The highest BCUT2D eigenvalue weighted by Crippen LogP contribution is 2.18. The van der Waals surface area contributed by atoms with Gasteiger partial charge in [0.25, 0.3) is 5.56 Å². The zero-order valence-corrected chi connectivity index (χ0v) is 14.3. The summed E-state index contributed by atoms with van der Waals surface area (Å²) in [5.41, 5.74) is -0.146. The zero-order chi connectivity index (χ0) is 17.4. The minimum Gasteiger partial charge on any atom is -0.349 e. The van der Waals surface area contributed by atoms with E-state index in [0.717, 1.165) is 19.6 Å². The van der Waals surface area contributed by atoms with Gasteiger partial charge in [-0.2, -0.15) is 0 Å². The van der Waals surface area contributed by atoms with Gasteiger partial charge in [-0.3, -0.25) is 19.2 Å². The van der Waals surface area contributed by atoms with Crippen LogP contribution in [0.25, 0.3) is 11.2 Å². The Balaban J connectivity index is 1.45. The summed E-state index contributed by atoms with van der Waals surface area (Å²) in [4.78, 5) is 32.7. The highest BCUT2D eigenvalue weighted by Gasteiger charge is 2.29. The summed E-state index contributed by atoms with van der Waals surface area (Å²) in [6.45, 7) is 3.94. The van der Waals surface area contributed by atoms with Crippen molar-refractivity contribution in [2.24, 2.45) is 7.05 Å². The van der Waals surface area contributed by atoms with Crippen molar-refractivity contribution >= 4 is 11.2 Å². The molecule has 1 N–H and O–H groups in total. The maximum atomic E-state index is 12.1. The van der Waals surface area contributed by atoms with E-state index in [4.69, 9.17) is 9.47 Å². The molecule has 2 aliphatic heterocycles. The molecule has 2 saturated heterocycles. The SMILES string of the molecule is Cn1c(=O)[nH]c(=O)c2c1ncn2CC1COC(CN2CCCCC2)O1. The van der Waals surface area contributed by atoms with Crippen LogP contribution >= 0.6 is 0 Å². The van der Waals surface area contributed by atoms with Crippen molar-refractivity contribution in [3.05, 3.63) is 27.2 Å². The van der Waals surface area contributed by atoms with Gasteiger partial charge in [0.15, 0.2) is 17.5 Å². The van der Waals surface area contributed by atoms with Crippen LogP contribution in [0.5, 0.6) is 0 Å². The van der Waals surface area contributed by atoms with E-state index >= 15 is 0 Å². The zero-order valence-electron chi connectivity index (χ0n) is 14.3. The molecule has 0 spiro atoms. The van der Waals surface area contributed by atoms with Crippen molar-refractivity contribution in [3.63, 3.8) is 0 Å². The Morgan fingerprint density at radius 1 is 1.24 bits per heavy atom. The maximum absolute atomic E-state index is 12.1.